The molecule has 17 heavy (non-hydrogen) atoms. The van der Waals surface area contributed by atoms with Gasteiger partial charge in [-0.2, -0.15) is 0 Å². The molecule has 3 heteroatoms. The molecule has 0 saturated carbocycles. The molecule has 94 valence electrons. The SMILES string of the molecule is COc1cc(C)c2c(c1OC)[C@@H](N)CCC2C. The highest BCUT2D eigenvalue weighted by Crippen LogP contribution is 2.46. The van der Waals surface area contributed by atoms with E-state index in [-0.39, 0.29) is 6.04 Å². The van der Waals surface area contributed by atoms with Crippen LogP contribution in [0.25, 0.3) is 0 Å². The van der Waals surface area contributed by atoms with Gasteiger partial charge in [0.05, 0.1) is 14.2 Å². The van der Waals surface area contributed by atoms with Gasteiger partial charge in [-0.1, -0.05) is 6.92 Å². The van der Waals surface area contributed by atoms with E-state index < -0.39 is 0 Å². The van der Waals surface area contributed by atoms with Crippen LogP contribution >= 0.6 is 0 Å². The minimum Gasteiger partial charge on any atom is -0.493 e. The predicted octanol–water partition coefficient (Wildman–Crippen LogP) is 2.91. The van der Waals surface area contributed by atoms with Crippen LogP contribution in [-0.4, -0.2) is 14.2 Å². The predicted molar refractivity (Wildman–Crippen MR) is 68.9 cm³/mol. The van der Waals surface area contributed by atoms with Crippen molar-refractivity contribution in [2.45, 2.75) is 38.6 Å². The summed E-state index contributed by atoms with van der Waals surface area (Å²) < 4.78 is 10.9. The molecule has 1 aliphatic rings. The van der Waals surface area contributed by atoms with Gasteiger partial charge in [-0.25, -0.2) is 0 Å². The van der Waals surface area contributed by atoms with Crippen molar-refractivity contribution in [3.8, 4) is 11.5 Å². The highest BCUT2D eigenvalue weighted by atomic mass is 16.5. The van der Waals surface area contributed by atoms with E-state index in [4.69, 9.17) is 15.2 Å². The van der Waals surface area contributed by atoms with Crippen molar-refractivity contribution in [1.82, 2.24) is 0 Å². The van der Waals surface area contributed by atoms with Crippen LogP contribution in [0.2, 0.25) is 0 Å². The van der Waals surface area contributed by atoms with Crippen molar-refractivity contribution in [2.24, 2.45) is 5.73 Å². The second kappa shape index (κ2) is 4.57. The van der Waals surface area contributed by atoms with Crippen molar-refractivity contribution in [1.29, 1.82) is 0 Å². The molecule has 0 heterocycles. The molecule has 0 radical (unpaired) electrons. The van der Waals surface area contributed by atoms with E-state index in [1.165, 1.54) is 11.1 Å². The lowest BCUT2D eigenvalue weighted by molar-refractivity contribution is 0.343. The van der Waals surface area contributed by atoms with Crippen LogP contribution in [0.15, 0.2) is 6.07 Å². The van der Waals surface area contributed by atoms with E-state index in [2.05, 4.69) is 13.8 Å². The number of fused-ring (bicyclic) bond motifs is 1. The third-order valence-corrected chi connectivity index (χ3v) is 3.73. The zero-order valence-electron chi connectivity index (χ0n) is 11.0. The van der Waals surface area contributed by atoms with Crippen LogP contribution in [0.5, 0.6) is 11.5 Å². The maximum absolute atomic E-state index is 6.24. The summed E-state index contributed by atoms with van der Waals surface area (Å²) in [7, 11) is 3.35. The standard InChI is InChI=1S/C14H21NO2/c1-8-5-6-10(15)13-12(8)9(2)7-11(16-3)14(13)17-4/h7-8,10H,5-6,15H2,1-4H3/t8?,10-/m0/s1. The third-order valence-electron chi connectivity index (χ3n) is 3.73. The summed E-state index contributed by atoms with van der Waals surface area (Å²) in [5.41, 5.74) is 9.98. The van der Waals surface area contributed by atoms with Crippen LogP contribution in [0.1, 0.15) is 48.4 Å². The van der Waals surface area contributed by atoms with Gasteiger partial charge in [0, 0.05) is 11.6 Å². The molecule has 1 unspecified atom stereocenters. The Kier molecular flexibility index (Phi) is 3.29. The molecule has 1 aromatic carbocycles. The Balaban J connectivity index is 2.70. The molecule has 2 rings (SSSR count). The lowest BCUT2D eigenvalue weighted by Gasteiger charge is -2.31. The first kappa shape index (κ1) is 12.2. The maximum atomic E-state index is 6.24. The fraction of sp³-hybridized carbons (Fsp3) is 0.571. The quantitative estimate of drug-likeness (QED) is 0.857. The monoisotopic (exact) mass is 235 g/mol. The lowest BCUT2D eigenvalue weighted by atomic mass is 9.78. The molecule has 0 saturated heterocycles. The Labute approximate surface area is 103 Å². The molecular formula is C14H21NO2. The van der Waals surface area contributed by atoms with Crippen LogP contribution in [0.3, 0.4) is 0 Å². The van der Waals surface area contributed by atoms with E-state index in [0.29, 0.717) is 5.92 Å². The van der Waals surface area contributed by atoms with E-state index >= 15 is 0 Å². The second-order valence-electron chi connectivity index (χ2n) is 4.84. The molecule has 0 aliphatic heterocycles. The minimum absolute atomic E-state index is 0.0601. The number of hydrogen-bond donors (Lipinski definition) is 1. The van der Waals surface area contributed by atoms with E-state index in [9.17, 15) is 0 Å². The molecular weight excluding hydrogens is 214 g/mol. The van der Waals surface area contributed by atoms with E-state index in [0.717, 1.165) is 29.9 Å². The third kappa shape index (κ3) is 1.89. The summed E-state index contributed by atoms with van der Waals surface area (Å²) in [5.74, 6) is 2.14. The highest BCUT2D eigenvalue weighted by Gasteiger charge is 2.29. The molecule has 0 spiro atoms. The lowest BCUT2D eigenvalue weighted by Crippen LogP contribution is -2.21. The van der Waals surface area contributed by atoms with Gasteiger partial charge in [0.15, 0.2) is 11.5 Å². The summed E-state index contributed by atoms with van der Waals surface area (Å²) in [6.45, 7) is 4.37. The second-order valence-corrected chi connectivity index (χ2v) is 4.84. The number of ether oxygens (including phenoxy) is 2. The molecule has 0 fully saturated rings. The van der Waals surface area contributed by atoms with Gasteiger partial charge in [-0.05, 0) is 42.9 Å². The average molecular weight is 235 g/mol. The van der Waals surface area contributed by atoms with Crippen molar-refractivity contribution >= 4 is 0 Å². The van der Waals surface area contributed by atoms with Crippen LogP contribution in [0.4, 0.5) is 0 Å². The molecule has 0 amide bonds. The number of aryl methyl sites for hydroxylation is 1. The molecule has 1 aromatic rings. The number of hydrogen-bond acceptors (Lipinski definition) is 3. The topological polar surface area (TPSA) is 44.5 Å². The van der Waals surface area contributed by atoms with Crippen molar-refractivity contribution < 1.29 is 9.47 Å². The van der Waals surface area contributed by atoms with Crippen molar-refractivity contribution in [3.63, 3.8) is 0 Å². The fourth-order valence-corrected chi connectivity index (χ4v) is 2.91. The Morgan fingerprint density at radius 2 is 1.88 bits per heavy atom. The van der Waals surface area contributed by atoms with Crippen molar-refractivity contribution in [3.05, 3.63) is 22.8 Å². The first-order valence-electron chi connectivity index (χ1n) is 6.11. The Morgan fingerprint density at radius 3 is 2.47 bits per heavy atom. The Hall–Kier alpha value is -1.22. The first-order valence-corrected chi connectivity index (χ1v) is 6.11. The van der Waals surface area contributed by atoms with Crippen LogP contribution < -0.4 is 15.2 Å². The number of benzene rings is 1. The van der Waals surface area contributed by atoms with Gasteiger partial charge in [-0.3, -0.25) is 0 Å². The average Bonchev–Trinajstić information content (AvgIpc) is 2.32. The van der Waals surface area contributed by atoms with Gasteiger partial charge in [0.25, 0.3) is 0 Å². The fourth-order valence-electron chi connectivity index (χ4n) is 2.91. The van der Waals surface area contributed by atoms with Gasteiger partial charge >= 0.3 is 0 Å². The molecule has 0 aromatic heterocycles. The van der Waals surface area contributed by atoms with Crippen LogP contribution in [-0.2, 0) is 0 Å². The smallest absolute Gasteiger partial charge is 0.165 e. The van der Waals surface area contributed by atoms with Gasteiger partial charge < -0.3 is 15.2 Å². The van der Waals surface area contributed by atoms with E-state index in [1.807, 2.05) is 6.07 Å². The summed E-state index contributed by atoms with van der Waals surface area (Å²) >= 11 is 0. The largest absolute Gasteiger partial charge is 0.493 e. The molecule has 1 aliphatic carbocycles. The van der Waals surface area contributed by atoms with Crippen LogP contribution in [0, 0.1) is 6.92 Å². The molecule has 2 N–H and O–H groups in total. The number of methoxy groups -OCH3 is 2. The van der Waals surface area contributed by atoms with Gasteiger partial charge in [0.1, 0.15) is 0 Å². The van der Waals surface area contributed by atoms with Gasteiger partial charge in [-0.15, -0.1) is 0 Å². The van der Waals surface area contributed by atoms with Crippen molar-refractivity contribution in [2.75, 3.05) is 14.2 Å². The maximum Gasteiger partial charge on any atom is 0.165 e. The first-order chi connectivity index (χ1) is 8.10. The minimum atomic E-state index is 0.0601. The zero-order chi connectivity index (χ0) is 12.6. The van der Waals surface area contributed by atoms with Gasteiger partial charge in [0.2, 0.25) is 0 Å². The number of rotatable bonds is 2. The number of nitrogens with two attached hydrogens (primary N) is 1. The Morgan fingerprint density at radius 1 is 1.18 bits per heavy atom. The summed E-state index contributed by atoms with van der Waals surface area (Å²) in [6, 6.07) is 2.11. The Bertz CT molecular complexity index is 429. The summed E-state index contributed by atoms with van der Waals surface area (Å²) in [4.78, 5) is 0. The molecule has 0 bridgehead atoms. The zero-order valence-corrected chi connectivity index (χ0v) is 11.0. The summed E-state index contributed by atoms with van der Waals surface area (Å²) in [6.07, 6.45) is 2.15. The normalized spacial score (nSPS) is 23.1. The van der Waals surface area contributed by atoms with E-state index in [1.54, 1.807) is 14.2 Å². The highest BCUT2D eigenvalue weighted by molar-refractivity contribution is 5.57. The molecule has 3 nitrogen and oxygen atoms in total. The molecule has 2 atom stereocenters. The summed E-state index contributed by atoms with van der Waals surface area (Å²) in [5, 5.41) is 0.